The minimum Gasteiger partial charge on any atom is -0.493 e. The molecule has 0 aromatic heterocycles. The van der Waals surface area contributed by atoms with E-state index in [0.29, 0.717) is 12.5 Å². The Morgan fingerprint density at radius 3 is 2.74 bits per heavy atom. The van der Waals surface area contributed by atoms with E-state index in [0.717, 1.165) is 69.6 Å². The number of aliphatic imine (C=N–C) groups is 1. The van der Waals surface area contributed by atoms with E-state index in [1.807, 2.05) is 12.1 Å². The largest absolute Gasteiger partial charge is 0.493 e. The lowest BCUT2D eigenvalue weighted by Gasteiger charge is -2.13. The van der Waals surface area contributed by atoms with Crippen LogP contribution in [0, 0.1) is 5.92 Å². The van der Waals surface area contributed by atoms with Gasteiger partial charge in [0.1, 0.15) is 5.75 Å². The summed E-state index contributed by atoms with van der Waals surface area (Å²) in [4.78, 5) is 4.66. The first kappa shape index (κ1) is 21.5. The molecule has 152 valence electrons. The molecule has 1 fully saturated rings. The summed E-state index contributed by atoms with van der Waals surface area (Å²) in [6.45, 7) is 11.7. The van der Waals surface area contributed by atoms with Gasteiger partial charge in [0.25, 0.3) is 0 Å². The van der Waals surface area contributed by atoms with Crippen LogP contribution in [0.4, 0.5) is 0 Å². The van der Waals surface area contributed by atoms with Crippen LogP contribution in [0.3, 0.4) is 0 Å². The Balaban J connectivity index is 1.69. The molecule has 1 unspecified atom stereocenters. The fourth-order valence-electron chi connectivity index (χ4n) is 2.64. The molecular weight excluding hydrogens is 342 g/mol. The lowest BCUT2D eigenvalue weighted by molar-refractivity contribution is 0.0420. The van der Waals surface area contributed by atoms with Crippen LogP contribution in [0.2, 0.25) is 0 Å². The highest BCUT2D eigenvalue weighted by Gasteiger charge is 2.15. The maximum atomic E-state index is 5.78. The highest BCUT2D eigenvalue weighted by atomic mass is 16.5. The molecule has 2 N–H and O–H groups in total. The molecule has 1 atom stereocenters. The molecule has 0 saturated carbocycles. The normalized spacial score (nSPS) is 17.3. The topological polar surface area (TPSA) is 64.1 Å². The lowest BCUT2D eigenvalue weighted by atomic mass is 10.2. The van der Waals surface area contributed by atoms with Crippen LogP contribution in [0.1, 0.15) is 39.2 Å². The molecule has 1 heterocycles. The van der Waals surface area contributed by atoms with Gasteiger partial charge in [0.2, 0.25) is 0 Å². The van der Waals surface area contributed by atoms with Crippen molar-refractivity contribution in [2.45, 2.75) is 46.3 Å². The predicted octanol–water partition coefficient (Wildman–Crippen LogP) is 2.97. The van der Waals surface area contributed by atoms with Gasteiger partial charge in [0, 0.05) is 26.3 Å². The fraction of sp³-hybridized carbons (Fsp3) is 0.667. The Morgan fingerprint density at radius 1 is 1.26 bits per heavy atom. The molecule has 1 aromatic carbocycles. The van der Waals surface area contributed by atoms with Gasteiger partial charge in [-0.05, 0) is 43.4 Å². The Labute approximate surface area is 163 Å². The van der Waals surface area contributed by atoms with Crippen molar-refractivity contribution >= 4 is 5.96 Å². The third kappa shape index (κ3) is 9.11. The monoisotopic (exact) mass is 377 g/mol. The molecular formula is C21H35N3O3. The summed E-state index contributed by atoms with van der Waals surface area (Å²) < 4.78 is 16.8. The second kappa shape index (κ2) is 12.6. The standard InChI is InChI=1S/C21H35N3O3/c1-4-22-21(23-11-5-12-26-20-10-13-25-16-20)24-14-18-6-8-19(9-7-18)27-15-17(2)3/h6-9,17,20H,4-5,10-16H2,1-3H3,(H2,22,23,24). The van der Waals surface area contributed by atoms with Crippen LogP contribution >= 0.6 is 0 Å². The van der Waals surface area contributed by atoms with Crippen LogP contribution in [-0.4, -0.2) is 51.6 Å². The molecule has 2 rings (SSSR count). The van der Waals surface area contributed by atoms with Gasteiger partial charge < -0.3 is 24.8 Å². The molecule has 0 spiro atoms. The molecule has 0 aliphatic carbocycles. The van der Waals surface area contributed by atoms with Gasteiger partial charge in [-0.25, -0.2) is 4.99 Å². The van der Waals surface area contributed by atoms with Crippen molar-refractivity contribution in [2.75, 3.05) is 39.5 Å². The van der Waals surface area contributed by atoms with Crippen molar-refractivity contribution in [1.82, 2.24) is 10.6 Å². The van der Waals surface area contributed by atoms with Crippen molar-refractivity contribution in [3.63, 3.8) is 0 Å². The molecule has 6 heteroatoms. The Bertz CT molecular complexity index is 540. The van der Waals surface area contributed by atoms with E-state index in [2.05, 4.69) is 48.5 Å². The number of rotatable bonds is 11. The van der Waals surface area contributed by atoms with Crippen molar-refractivity contribution in [1.29, 1.82) is 0 Å². The third-order valence-electron chi connectivity index (χ3n) is 4.13. The Kier molecular flexibility index (Phi) is 10.0. The second-order valence-corrected chi connectivity index (χ2v) is 7.18. The maximum Gasteiger partial charge on any atom is 0.191 e. The number of hydrogen-bond donors (Lipinski definition) is 2. The van der Waals surface area contributed by atoms with E-state index in [1.54, 1.807) is 0 Å². The first-order chi connectivity index (χ1) is 13.2. The molecule has 1 aliphatic heterocycles. The SMILES string of the molecule is CCNC(=NCc1ccc(OCC(C)C)cc1)NCCCOC1CCOC1. The van der Waals surface area contributed by atoms with E-state index in [4.69, 9.17) is 14.2 Å². The summed E-state index contributed by atoms with van der Waals surface area (Å²) in [5.74, 6) is 2.27. The van der Waals surface area contributed by atoms with E-state index >= 15 is 0 Å². The zero-order chi connectivity index (χ0) is 19.3. The predicted molar refractivity (Wildman–Crippen MR) is 109 cm³/mol. The molecule has 0 amide bonds. The maximum absolute atomic E-state index is 5.78. The zero-order valence-corrected chi connectivity index (χ0v) is 17.0. The number of ether oxygens (including phenoxy) is 3. The summed E-state index contributed by atoms with van der Waals surface area (Å²) in [6, 6.07) is 8.16. The fourth-order valence-corrected chi connectivity index (χ4v) is 2.64. The van der Waals surface area contributed by atoms with Gasteiger partial charge in [-0.1, -0.05) is 26.0 Å². The van der Waals surface area contributed by atoms with Gasteiger partial charge in [0.15, 0.2) is 5.96 Å². The molecule has 6 nitrogen and oxygen atoms in total. The van der Waals surface area contributed by atoms with Gasteiger partial charge >= 0.3 is 0 Å². The van der Waals surface area contributed by atoms with Crippen LogP contribution < -0.4 is 15.4 Å². The van der Waals surface area contributed by atoms with E-state index in [-0.39, 0.29) is 6.10 Å². The molecule has 0 radical (unpaired) electrons. The number of nitrogens with zero attached hydrogens (tertiary/aromatic N) is 1. The molecule has 0 bridgehead atoms. The zero-order valence-electron chi connectivity index (χ0n) is 17.0. The molecule has 1 aliphatic rings. The summed E-state index contributed by atoms with van der Waals surface area (Å²) in [7, 11) is 0. The van der Waals surface area contributed by atoms with Gasteiger partial charge in [0.05, 0.1) is 25.9 Å². The van der Waals surface area contributed by atoms with Crippen LogP contribution in [-0.2, 0) is 16.0 Å². The molecule has 1 saturated heterocycles. The van der Waals surface area contributed by atoms with Crippen molar-refractivity contribution in [2.24, 2.45) is 10.9 Å². The second-order valence-electron chi connectivity index (χ2n) is 7.18. The number of benzene rings is 1. The number of hydrogen-bond acceptors (Lipinski definition) is 4. The van der Waals surface area contributed by atoms with E-state index in [9.17, 15) is 0 Å². The van der Waals surface area contributed by atoms with Crippen LogP contribution in [0.25, 0.3) is 0 Å². The number of guanidine groups is 1. The van der Waals surface area contributed by atoms with Crippen LogP contribution in [0.5, 0.6) is 5.75 Å². The number of nitrogens with one attached hydrogen (secondary N) is 2. The first-order valence-electron chi connectivity index (χ1n) is 10.1. The smallest absolute Gasteiger partial charge is 0.191 e. The van der Waals surface area contributed by atoms with Gasteiger partial charge in [-0.3, -0.25) is 0 Å². The van der Waals surface area contributed by atoms with Crippen LogP contribution in [0.15, 0.2) is 29.3 Å². The average molecular weight is 378 g/mol. The quantitative estimate of drug-likeness (QED) is 0.353. The lowest BCUT2D eigenvalue weighted by Crippen LogP contribution is -2.38. The van der Waals surface area contributed by atoms with E-state index in [1.165, 1.54) is 0 Å². The Morgan fingerprint density at radius 2 is 2.07 bits per heavy atom. The van der Waals surface area contributed by atoms with Crippen molar-refractivity contribution in [3.8, 4) is 5.75 Å². The first-order valence-corrected chi connectivity index (χ1v) is 10.1. The minimum absolute atomic E-state index is 0.277. The Hall–Kier alpha value is -1.79. The average Bonchev–Trinajstić information content (AvgIpc) is 3.18. The van der Waals surface area contributed by atoms with Crippen molar-refractivity contribution in [3.05, 3.63) is 29.8 Å². The molecule has 1 aromatic rings. The van der Waals surface area contributed by atoms with Crippen molar-refractivity contribution < 1.29 is 14.2 Å². The summed E-state index contributed by atoms with van der Waals surface area (Å²) >= 11 is 0. The highest BCUT2D eigenvalue weighted by molar-refractivity contribution is 5.79. The minimum atomic E-state index is 0.277. The third-order valence-corrected chi connectivity index (χ3v) is 4.13. The summed E-state index contributed by atoms with van der Waals surface area (Å²) in [5.41, 5.74) is 1.16. The summed E-state index contributed by atoms with van der Waals surface area (Å²) in [6.07, 6.45) is 2.24. The summed E-state index contributed by atoms with van der Waals surface area (Å²) in [5, 5.41) is 6.65. The van der Waals surface area contributed by atoms with Gasteiger partial charge in [-0.2, -0.15) is 0 Å². The highest BCUT2D eigenvalue weighted by Crippen LogP contribution is 2.14. The van der Waals surface area contributed by atoms with Gasteiger partial charge in [-0.15, -0.1) is 0 Å². The molecule has 27 heavy (non-hydrogen) atoms. The van der Waals surface area contributed by atoms with E-state index < -0.39 is 0 Å².